The molecule has 1 aromatic carbocycles. The zero-order valence-corrected chi connectivity index (χ0v) is 19.3. The van der Waals surface area contributed by atoms with Crippen LogP contribution < -0.4 is 0 Å². The van der Waals surface area contributed by atoms with E-state index in [2.05, 4.69) is 32.9 Å². The van der Waals surface area contributed by atoms with E-state index >= 15 is 0 Å². The Labute approximate surface area is 183 Å². The summed E-state index contributed by atoms with van der Waals surface area (Å²) in [5.41, 5.74) is 2.29. The first-order valence-corrected chi connectivity index (χ1v) is 12.1. The van der Waals surface area contributed by atoms with Crippen LogP contribution in [0.25, 0.3) is 0 Å². The average molecular weight is 419 g/mol. The molecular weight excluding hydrogens is 376 g/mol. The van der Waals surface area contributed by atoms with Crippen molar-refractivity contribution in [2.24, 2.45) is 5.92 Å². The highest BCUT2D eigenvalue weighted by molar-refractivity contribution is 5.42. The van der Waals surface area contributed by atoms with Crippen LogP contribution in [-0.4, -0.2) is 35.8 Å². The Bertz CT molecular complexity index is 663. The van der Waals surface area contributed by atoms with Crippen LogP contribution in [0, 0.1) is 5.92 Å². The van der Waals surface area contributed by atoms with E-state index in [0.717, 1.165) is 44.1 Å². The summed E-state index contributed by atoms with van der Waals surface area (Å²) in [5.74, 6) is 0.562. The van der Waals surface area contributed by atoms with E-state index in [1.54, 1.807) is 0 Å². The molecule has 3 rings (SSSR count). The van der Waals surface area contributed by atoms with E-state index in [0.29, 0.717) is 24.9 Å². The first-order valence-electron chi connectivity index (χ1n) is 12.1. The standard InChI is InChI=1S/C26H42O4/c1-4-5-6-7-13-25(2,3)21-10-11-22(24(28)18-21)23-19-26(29-16-17-30-26)14-12-20(23)9-8-15-27/h10-11,18,20,23,27-28H,4-9,12-17,19H2,1-3H3/t20-,23-/m0/s1. The van der Waals surface area contributed by atoms with Gasteiger partial charge >= 0.3 is 0 Å². The predicted octanol–water partition coefficient (Wildman–Crippen LogP) is 6.04. The predicted molar refractivity (Wildman–Crippen MR) is 121 cm³/mol. The minimum Gasteiger partial charge on any atom is -0.508 e. The van der Waals surface area contributed by atoms with Gasteiger partial charge in [-0.15, -0.1) is 0 Å². The number of hydrogen-bond acceptors (Lipinski definition) is 4. The molecule has 4 nitrogen and oxygen atoms in total. The molecule has 1 heterocycles. The fraction of sp³-hybridized carbons (Fsp3) is 0.769. The Morgan fingerprint density at radius 2 is 1.87 bits per heavy atom. The Morgan fingerprint density at radius 3 is 2.53 bits per heavy atom. The van der Waals surface area contributed by atoms with Crippen molar-refractivity contribution in [1.29, 1.82) is 0 Å². The van der Waals surface area contributed by atoms with E-state index in [1.165, 1.54) is 31.2 Å². The first-order chi connectivity index (χ1) is 14.4. The van der Waals surface area contributed by atoms with Crippen LogP contribution in [0.15, 0.2) is 18.2 Å². The number of unbranched alkanes of at least 4 members (excludes halogenated alkanes) is 3. The molecule has 170 valence electrons. The number of benzene rings is 1. The Kier molecular flexibility index (Phi) is 8.23. The van der Waals surface area contributed by atoms with Gasteiger partial charge in [0.2, 0.25) is 0 Å². The molecule has 1 aliphatic carbocycles. The van der Waals surface area contributed by atoms with Gasteiger partial charge in [-0.1, -0.05) is 58.6 Å². The van der Waals surface area contributed by atoms with E-state index in [9.17, 15) is 10.2 Å². The van der Waals surface area contributed by atoms with Gasteiger partial charge in [-0.2, -0.15) is 0 Å². The number of aliphatic hydroxyl groups is 1. The van der Waals surface area contributed by atoms with Crippen molar-refractivity contribution in [2.75, 3.05) is 19.8 Å². The summed E-state index contributed by atoms with van der Waals surface area (Å²) in [6, 6.07) is 6.36. The molecule has 2 N–H and O–H groups in total. The number of aromatic hydroxyl groups is 1. The topological polar surface area (TPSA) is 58.9 Å². The van der Waals surface area contributed by atoms with Crippen molar-refractivity contribution in [3.05, 3.63) is 29.3 Å². The van der Waals surface area contributed by atoms with Crippen LogP contribution >= 0.6 is 0 Å². The average Bonchev–Trinajstić information content (AvgIpc) is 3.18. The molecule has 1 spiro atoms. The second-order valence-corrected chi connectivity index (χ2v) is 10.1. The zero-order valence-electron chi connectivity index (χ0n) is 19.3. The van der Waals surface area contributed by atoms with Gasteiger partial charge in [0.05, 0.1) is 13.2 Å². The van der Waals surface area contributed by atoms with Crippen LogP contribution in [0.4, 0.5) is 0 Å². The molecular formula is C26H42O4. The third-order valence-electron chi connectivity index (χ3n) is 7.41. The molecule has 0 unspecified atom stereocenters. The summed E-state index contributed by atoms with van der Waals surface area (Å²) in [4.78, 5) is 0. The molecule has 30 heavy (non-hydrogen) atoms. The normalized spacial score (nSPS) is 23.9. The molecule has 2 fully saturated rings. The molecule has 2 aliphatic rings. The highest BCUT2D eigenvalue weighted by atomic mass is 16.7. The molecule has 1 saturated carbocycles. The number of aliphatic hydroxyl groups excluding tert-OH is 1. The monoisotopic (exact) mass is 418 g/mol. The van der Waals surface area contributed by atoms with Crippen molar-refractivity contribution < 1.29 is 19.7 Å². The van der Waals surface area contributed by atoms with E-state index < -0.39 is 5.79 Å². The van der Waals surface area contributed by atoms with E-state index in [1.807, 2.05) is 6.07 Å². The van der Waals surface area contributed by atoms with Crippen molar-refractivity contribution in [3.63, 3.8) is 0 Å². The largest absolute Gasteiger partial charge is 0.508 e. The van der Waals surface area contributed by atoms with Gasteiger partial charge < -0.3 is 19.7 Å². The van der Waals surface area contributed by atoms with Crippen LogP contribution in [0.1, 0.15) is 102 Å². The molecule has 1 aromatic rings. The van der Waals surface area contributed by atoms with Crippen molar-refractivity contribution >= 4 is 0 Å². The third-order valence-corrected chi connectivity index (χ3v) is 7.41. The number of hydrogen-bond donors (Lipinski definition) is 2. The highest BCUT2D eigenvalue weighted by Crippen LogP contribution is 2.50. The molecule has 1 saturated heterocycles. The van der Waals surface area contributed by atoms with Crippen LogP contribution in [0.3, 0.4) is 0 Å². The lowest BCUT2D eigenvalue weighted by Gasteiger charge is -2.41. The number of ether oxygens (including phenoxy) is 2. The molecule has 0 radical (unpaired) electrons. The van der Waals surface area contributed by atoms with Gasteiger partial charge in [0.1, 0.15) is 5.75 Å². The van der Waals surface area contributed by atoms with Gasteiger partial charge in [0.25, 0.3) is 0 Å². The minimum atomic E-state index is -0.482. The number of phenolic OH excluding ortho intramolecular Hbond substituents is 1. The van der Waals surface area contributed by atoms with E-state index in [-0.39, 0.29) is 17.9 Å². The molecule has 4 heteroatoms. The fourth-order valence-electron chi connectivity index (χ4n) is 5.45. The Hall–Kier alpha value is -1.10. The van der Waals surface area contributed by atoms with Crippen molar-refractivity contribution in [1.82, 2.24) is 0 Å². The summed E-state index contributed by atoms with van der Waals surface area (Å²) in [5, 5.41) is 20.4. The number of phenols is 1. The summed E-state index contributed by atoms with van der Waals surface area (Å²) in [6.45, 7) is 8.35. The van der Waals surface area contributed by atoms with Gasteiger partial charge in [0, 0.05) is 19.4 Å². The van der Waals surface area contributed by atoms with Crippen LogP contribution in [-0.2, 0) is 14.9 Å². The molecule has 2 atom stereocenters. The van der Waals surface area contributed by atoms with Gasteiger partial charge in [-0.25, -0.2) is 0 Å². The molecule has 0 bridgehead atoms. The SMILES string of the molecule is CCCCCCC(C)(C)c1ccc([C@H]2CC3(CC[C@@H]2CCCO)OCCO3)c(O)c1. The zero-order chi connectivity index (χ0) is 21.6. The Balaban J connectivity index is 1.77. The van der Waals surface area contributed by atoms with E-state index in [4.69, 9.17) is 9.47 Å². The van der Waals surface area contributed by atoms with Crippen molar-refractivity contribution in [2.45, 2.75) is 102 Å². The lowest BCUT2D eigenvalue weighted by Crippen LogP contribution is -2.39. The highest BCUT2D eigenvalue weighted by Gasteiger charge is 2.45. The third kappa shape index (κ3) is 5.57. The maximum atomic E-state index is 11.1. The quantitative estimate of drug-likeness (QED) is 0.455. The molecule has 1 aliphatic heterocycles. The Morgan fingerprint density at radius 1 is 1.10 bits per heavy atom. The van der Waals surface area contributed by atoms with Crippen molar-refractivity contribution in [3.8, 4) is 5.75 Å². The van der Waals surface area contributed by atoms with Gasteiger partial charge in [-0.3, -0.25) is 0 Å². The van der Waals surface area contributed by atoms with Crippen LogP contribution in [0.5, 0.6) is 5.75 Å². The second kappa shape index (κ2) is 10.5. The maximum Gasteiger partial charge on any atom is 0.169 e. The smallest absolute Gasteiger partial charge is 0.169 e. The maximum absolute atomic E-state index is 11.1. The van der Waals surface area contributed by atoms with Crippen LogP contribution in [0.2, 0.25) is 0 Å². The fourth-order valence-corrected chi connectivity index (χ4v) is 5.45. The lowest BCUT2D eigenvalue weighted by molar-refractivity contribution is -0.187. The lowest BCUT2D eigenvalue weighted by atomic mass is 9.70. The molecule has 0 amide bonds. The van der Waals surface area contributed by atoms with Gasteiger partial charge in [0.15, 0.2) is 5.79 Å². The minimum absolute atomic E-state index is 0.0610. The summed E-state index contributed by atoms with van der Waals surface area (Å²) in [6.07, 6.45) is 10.7. The number of rotatable bonds is 10. The summed E-state index contributed by atoms with van der Waals surface area (Å²) >= 11 is 0. The summed E-state index contributed by atoms with van der Waals surface area (Å²) in [7, 11) is 0. The second-order valence-electron chi connectivity index (χ2n) is 10.1. The summed E-state index contributed by atoms with van der Waals surface area (Å²) < 4.78 is 12.0. The molecule has 0 aromatic heterocycles. The van der Waals surface area contributed by atoms with Gasteiger partial charge in [-0.05, 0) is 60.1 Å². The first kappa shape index (κ1) is 23.6.